The molecular weight excluding hydrogens is 256 g/mol. The number of hydrogen-bond donors (Lipinski definition) is 2. The third-order valence-electron chi connectivity index (χ3n) is 2.35. The van der Waals surface area contributed by atoms with Crippen molar-refractivity contribution in [2.24, 2.45) is 0 Å². The summed E-state index contributed by atoms with van der Waals surface area (Å²) in [5, 5.41) is 16.0. The predicted molar refractivity (Wildman–Crippen MR) is 67.0 cm³/mol. The molecule has 6 heteroatoms. The number of aryl methyl sites for hydroxylation is 1. The van der Waals surface area contributed by atoms with E-state index in [2.05, 4.69) is 10.5 Å². The van der Waals surface area contributed by atoms with Gasteiger partial charge in [0.05, 0.1) is 17.1 Å². The summed E-state index contributed by atoms with van der Waals surface area (Å²) < 4.78 is 4.93. The van der Waals surface area contributed by atoms with Crippen LogP contribution in [0.15, 0.2) is 28.8 Å². The zero-order valence-corrected chi connectivity index (χ0v) is 10.4. The number of carboxylic acids is 1. The zero-order chi connectivity index (χ0) is 13.1. The van der Waals surface area contributed by atoms with Gasteiger partial charge in [-0.25, -0.2) is 4.79 Å². The number of hydrogen-bond acceptors (Lipinski definition) is 4. The van der Waals surface area contributed by atoms with E-state index in [1.807, 2.05) is 13.0 Å². The largest absolute Gasteiger partial charge is 0.478 e. The summed E-state index contributed by atoms with van der Waals surface area (Å²) in [5.74, 6) is -0.301. The maximum Gasteiger partial charge on any atom is 0.337 e. The van der Waals surface area contributed by atoms with Crippen molar-refractivity contribution in [3.8, 4) is 0 Å². The second-order valence-electron chi connectivity index (χ2n) is 3.78. The van der Waals surface area contributed by atoms with Crippen molar-refractivity contribution in [3.05, 3.63) is 46.3 Å². The van der Waals surface area contributed by atoms with Crippen LogP contribution in [0, 0.1) is 6.92 Å². The van der Waals surface area contributed by atoms with Gasteiger partial charge in [-0.2, -0.15) is 0 Å². The highest BCUT2D eigenvalue weighted by Crippen LogP contribution is 2.21. The summed E-state index contributed by atoms with van der Waals surface area (Å²) in [5.41, 5.74) is 1.58. The van der Waals surface area contributed by atoms with Crippen LogP contribution in [0.3, 0.4) is 0 Å². The Kier molecular flexibility index (Phi) is 3.53. The molecule has 0 aliphatic heterocycles. The Balaban J connectivity index is 2.06. The number of halogens is 1. The molecule has 0 radical (unpaired) electrons. The van der Waals surface area contributed by atoms with Crippen molar-refractivity contribution < 1.29 is 14.4 Å². The first kappa shape index (κ1) is 12.4. The third kappa shape index (κ3) is 2.81. The normalized spacial score (nSPS) is 10.3. The molecule has 0 spiro atoms. The molecule has 0 saturated heterocycles. The minimum absolute atomic E-state index is 0.0829. The van der Waals surface area contributed by atoms with Crippen LogP contribution in [0.4, 0.5) is 5.69 Å². The molecule has 2 rings (SSSR count). The quantitative estimate of drug-likeness (QED) is 0.890. The van der Waals surface area contributed by atoms with E-state index in [0.717, 1.165) is 17.1 Å². The molecule has 0 fully saturated rings. The Labute approximate surface area is 108 Å². The molecule has 0 aliphatic rings. The number of carboxylic acid groups (broad SMARTS) is 1. The molecule has 18 heavy (non-hydrogen) atoms. The van der Waals surface area contributed by atoms with Gasteiger partial charge in [-0.15, -0.1) is 0 Å². The first-order valence-corrected chi connectivity index (χ1v) is 5.63. The van der Waals surface area contributed by atoms with E-state index < -0.39 is 5.97 Å². The second-order valence-corrected chi connectivity index (χ2v) is 4.19. The number of rotatable bonds is 4. The molecule has 1 aromatic heterocycles. The smallest absolute Gasteiger partial charge is 0.337 e. The van der Waals surface area contributed by atoms with Crippen LogP contribution < -0.4 is 5.32 Å². The lowest BCUT2D eigenvalue weighted by molar-refractivity contribution is 0.0697. The van der Waals surface area contributed by atoms with Crippen molar-refractivity contribution >= 4 is 23.3 Å². The lowest BCUT2D eigenvalue weighted by Gasteiger charge is -2.06. The van der Waals surface area contributed by atoms with Crippen LogP contribution in [-0.2, 0) is 6.54 Å². The number of nitrogens with zero attached hydrogens (tertiary/aromatic N) is 1. The molecule has 1 aromatic carbocycles. The van der Waals surface area contributed by atoms with Crippen molar-refractivity contribution in [1.29, 1.82) is 0 Å². The topological polar surface area (TPSA) is 75.4 Å². The first-order valence-electron chi connectivity index (χ1n) is 5.25. The lowest BCUT2D eigenvalue weighted by atomic mass is 10.2. The maximum atomic E-state index is 10.8. The Morgan fingerprint density at radius 2 is 2.28 bits per heavy atom. The zero-order valence-electron chi connectivity index (χ0n) is 9.61. The molecule has 0 atom stereocenters. The summed E-state index contributed by atoms with van der Waals surface area (Å²) in [6.45, 7) is 2.30. The van der Waals surface area contributed by atoms with E-state index in [-0.39, 0.29) is 10.6 Å². The monoisotopic (exact) mass is 266 g/mol. The molecule has 5 nitrogen and oxygen atoms in total. The minimum atomic E-state index is -1.04. The molecule has 0 aliphatic carbocycles. The molecule has 0 amide bonds. The molecular formula is C12H11ClN2O3. The summed E-state index contributed by atoms with van der Waals surface area (Å²) in [6.07, 6.45) is 0. The minimum Gasteiger partial charge on any atom is -0.478 e. The van der Waals surface area contributed by atoms with Crippen LogP contribution >= 0.6 is 11.6 Å². The van der Waals surface area contributed by atoms with E-state index in [4.69, 9.17) is 21.2 Å². The number of aromatic nitrogens is 1. The van der Waals surface area contributed by atoms with Crippen molar-refractivity contribution in [3.63, 3.8) is 0 Å². The van der Waals surface area contributed by atoms with Crippen LogP contribution in [0.1, 0.15) is 21.8 Å². The molecule has 0 bridgehead atoms. The van der Waals surface area contributed by atoms with Gasteiger partial charge < -0.3 is 14.9 Å². The van der Waals surface area contributed by atoms with Crippen LogP contribution in [-0.4, -0.2) is 16.2 Å². The average molecular weight is 267 g/mol. The summed E-state index contributed by atoms with van der Waals surface area (Å²) in [4.78, 5) is 10.8. The lowest BCUT2D eigenvalue weighted by Crippen LogP contribution is -2.02. The van der Waals surface area contributed by atoms with Crippen molar-refractivity contribution in [1.82, 2.24) is 5.16 Å². The predicted octanol–water partition coefficient (Wildman–Crippen LogP) is 2.95. The van der Waals surface area contributed by atoms with Crippen molar-refractivity contribution in [2.75, 3.05) is 5.32 Å². The number of nitrogens with one attached hydrogen (secondary N) is 1. The van der Waals surface area contributed by atoms with Crippen LogP contribution in [0.5, 0.6) is 0 Å². The number of carbonyl (C=O) groups is 1. The SMILES string of the molecule is Cc1cc(CNc2ccc(C(=O)O)c(Cl)c2)no1. The first-order chi connectivity index (χ1) is 8.56. The highest BCUT2D eigenvalue weighted by molar-refractivity contribution is 6.33. The van der Waals surface area contributed by atoms with Gasteiger partial charge in [0.15, 0.2) is 0 Å². The highest BCUT2D eigenvalue weighted by atomic mass is 35.5. The number of benzene rings is 1. The van der Waals surface area contributed by atoms with E-state index in [0.29, 0.717) is 6.54 Å². The van der Waals surface area contributed by atoms with Gasteiger partial charge in [-0.05, 0) is 25.1 Å². The fourth-order valence-corrected chi connectivity index (χ4v) is 1.75. The van der Waals surface area contributed by atoms with Gasteiger partial charge in [0.2, 0.25) is 0 Å². The summed E-state index contributed by atoms with van der Waals surface area (Å²) in [6, 6.07) is 6.50. The molecule has 0 saturated carbocycles. The van der Waals surface area contributed by atoms with Gasteiger partial charge >= 0.3 is 5.97 Å². The molecule has 94 valence electrons. The Bertz CT molecular complexity index is 580. The average Bonchev–Trinajstić information content (AvgIpc) is 2.72. The fourth-order valence-electron chi connectivity index (χ4n) is 1.49. The van der Waals surface area contributed by atoms with E-state index in [1.54, 1.807) is 12.1 Å². The van der Waals surface area contributed by atoms with Crippen molar-refractivity contribution in [2.45, 2.75) is 13.5 Å². The second kappa shape index (κ2) is 5.10. The van der Waals surface area contributed by atoms with E-state index in [9.17, 15) is 4.79 Å². The number of aromatic carboxylic acids is 1. The molecule has 2 aromatic rings. The standard InChI is InChI=1S/C12H11ClN2O3/c1-7-4-9(15-18-7)6-14-8-2-3-10(12(16)17)11(13)5-8/h2-5,14H,6H2,1H3,(H,16,17). The summed E-state index contributed by atoms with van der Waals surface area (Å²) in [7, 11) is 0. The van der Waals surface area contributed by atoms with Crippen LogP contribution in [0.25, 0.3) is 0 Å². The van der Waals surface area contributed by atoms with Gasteiger partial charge in [0, 0.05) is 11.8 Å². The number of anilines is 1. The molecule has 2 N–H and O–H groups in total. The van der Waals surface area contributed by atoms with E-state index >= 15 is 0 Å². The van der Waals surface area contributed by atoms with Gasteiger partial charge in [-0.3, -0.25) is 0 Å². The third-order valence-corrected chi connectivity index (χ3v) is 2.66. The Hall–Kier alpha value is -2.01. The summed E-state index contributed by atoms with van der Waals surface area (Å²) >= 11 is 5.86. The van der Waals surface area contributed by atoms with Gasteiger partial charge in [-0.1, -0.05) is 16.8 Å². The Morgan fingerprint density at radius 3 is 2.83 bits per heavy atom. The van der Waals surface area contributed by atoms with E-state index in [1.165, 1.54) is 6.07 Å². The maximum absolute atomic E-state index is 10.8. The Morgan fingerprint density at radius 1 is 1.50 bits per heavy atom. The van der Waals surface area contributed by atoms with Crippen LogP contribution in [0.2, 0.25) is 5.02 Å². The molecule has 1 heterocycles. The van der Waals surface area contributed by atoms with Gasteiger partial charge in [0.1, 0.15) is 11.5 Å². The highest BCUT2D eigenvalue weighted by Gasteiger charge is 2.09. The van der Waals surface area contributed by atoms with Gasteiger partial charge in [0.25, 0.3) is 0 Å². The molecule has 0 unspecified atom stereocenters. The fraction of sp³-hybridized carbons (Fsp3) is 0.167.